The summed E-state index contributed by atoms with van der Waals surface area (Å²) in [6.07, 6.45) is 1.12. The molecule has 3 heterocycles. The highest BCUT2D eigenvalue weighted by atomic mass is 79.9. The molecule has 0 radical (unpaired) electrons. The van der Waals surface area contributed by atoms with Gasteiger partial charge in [0.2, 0.25) is 11.7 Å². The minimum absolute atomic E-state index is 0.0354. The molecule has 2 saturated heterocycles. The van der Waals surface area contributed by atoms with Crippen LogP contribution in [0.25, 0.3) is 0 Å². The first-order valence-electron chi connectivity index (χ1n) is 7.89. The largest absolute Gasteiger partial charge is 0.461 e. The maximum absolute atomic E-state index is 12.9. The zero-order valence-electron chi connectivity index (χ0n) is 14.2. The maximum Gasteiger partial charge on any atom is 0.330 e. The number of hydrogen-bond donors (Lipinski definition) is 1. The Balaban J connectivity index is 1.86. The van der Waals surface area contributed by atoms with E-state index >= 15 is 0 Å². The van der Waals surface area contributed by atoms with E-state index in [9.17, 15) is 19.5 Å². The molecule has 2 unspecified atom stereocenters. The van der Waals surface area contributed by atoms with Gasteiger partial charge in [-0.3, -0.25) is 9.59 Å². The lowest BCUT2D eigenvalue weighted by Crippen LogP contribution is -2.75. The Labute approximate surface area is 162 Å². The van der Waals surface area contributed by atoms with E-state index in [0.29, 0.717) is 0 Å². The maximum atomic E-state index is 12.9. The van der Waals surface area contributed by atoms with Crippen molar-refractivity contribution in [2.75, 3.05) is 6.61 Å². The van der Waals surface area contributed by atoms with E-state index in [0.717, 1.165) is 0 Å². The van der Waals surface area contributed by atoms with Gasteiger partial charge in [-0.05, 0) is 26.0 Å². The van der Waals surface area contributed by atoms with E-state index in [1.807, 2.05) is 13.8 Å². The number of halogens is 1. The third-order valence-electron chi connectivity index (χ3n) is 4.50. The summed E-state index contributed by atoms with van der Waals surface area (Å²) in [4.78, 5) is 39.1. The van der Waals surface area contributed by atoms with Gasteiger partial charge in [-0.1, -0.05) is 28.6 Å². The predicted molar refractivity (Wildman–Crippen MR) is 98.0 cm³/mol. The fraction of sp³-hybridized carbons (Fsp3) is 0.471. The van der Waals surface area contributed by atoms with Crippen LogP contribution in [0.1, 0.15) is 24.4 Å². The summed E-state index contributed by atoms with van der Waals surface area (Å²) in [6.45, 7) is 7.18. The molecule has 1 N–H and O–H groups in total. The Hall–Kier alpha value is -1.58. The number of Topliss-reactive ketones (excluding diaryl/α,β-unsaturated/α-hetero) is 1. The van der Waals surface area contributed by atoms with Crippen LogP contribution in [0.15, 0.2) is 35.5 Å². The molecule has 7 nitrogen and oxygen atoms in total. The molecule has 4 atom stereocenters. The number of rotatable bonds is 6. The number of hydrogen-bond acceptors (Lipinski definition) is 7. The van der Waals surface area contributed by atoms with Crippen molar-refractivity contribution < 1.29 is 28.6 Å². The summed E-state index contributed by atoms with van der Waals surface area (Å²) < 4.78 is 7.98. The highest BCUT2D eigenvalue weighted by Gasteiger charge is 2.74. The van der Waals surface area contributed by atoms with Gasteiger partial charge in [0, 0.05) is 4.75 Å². The Morgan fingerprint density at radius 3 is 2.85 bits per heavy atom. The van der Waals surface area contributed by atoms with E-state index in [1.54, 1.807) is 0 Å². The Bertz CT molecular complexity index is 763. The molecule has 2 aliphatic heterocycles. The van der Waals surface area contributed by atoms with Gasteiger partial charge in [0.05, 0.1) is 6.26 Å². The molecule has 1 amide bonds. The summed E-state index contributed by atoms with van der Waals surface area (Å²) in [5.41, 5.74) is 0. The second-order valence-electron chi connectivity index (χ2n) is 6.62. The number of fused-ring (bicyclic) bond motifs is 1. The minimum Gasteiger partial charge on any atom is -0.461 e. The van der Waals surface area contributed by atoms with Crippen molar-refractivity contribution in [1.82, 2.24) is 4.90 Å². The van der Waals surface area contributed by atoms with Crippen LogP contribution in [0.2, 0.25) is 0 Å². The number of β-lactam (4-membered cyclic amide) rings is 1. The lowest BCUT2D eigenvalue weighted by molar-refractivity contribution is -0.166. The van der Waals surface area contributed by atoms with Gasteiger partial charge in [-0.2, -0.15) is 0 Å². The Morgan fingerprint density at radius 1 is 1.58 bits per heavy atom. The van der Waals surface area contributed by atoms with Gasteiger partial charge >= 0.3 is 5.97 Å². The van der Waals surface area contributed by atoms with Gasteiger partial charge in [-0.15, -0.1) is 11.8 Å². The first-order valence-corrected chi connectivity index (χ1v) is 9.56. The molecule has 0 bridgehead atoms. The van der Waals surface area contributed by atoms with E-state index < -0.39 is 44.3 Å². The summed E-state index contributed by atoms with van der Waals surface area (Å²) >= 11 is 4.61. The fourth-order valence-electron chi connectivity index (χ4n) is 3.24. The van der Waals surface area contributed by atoms with Crippen LogP contribution in [-0.2, 0) is 14.3 Å². The van der Waals surface area contributed by atoms with E-state index in [-0.39, 0.29) is 12.4 Å². The number of alkyl halides is 1. The fourth-order valence-corrected chi connectivity index (χ4v) is 5.80. The number of ether oxygens (including phenoxy) is 1. The molecular formula is C17H18BrNO6S. The normalized spacial score (nSPS) is 30.3. The second kappa shape index (κ2) is 6.54. The average molecular weight is 444 g/mol. The van der Waals surface area contributed by atoms with Gasteiger partial charge in [0.25, 0.3) is 0 Å². The molecular weight excluding hydrogens is 426 g/mol. The summed E-state index contributed by atoms with van der Waals surface area (Å²) in [5.74, 6) is -1.81. The summed E-state index contributed by atoms with van der Waals surface area (Å²) in [7, 11) is 0. The SMILES string of the molecule is C=CCOC(=O)[C@@H]1N2C(=O)C(Br)(C(O)C(=O)c3ccco3)[C@H]2SC1(C)C. The molecule has 0 spiro atoms. The van der Waals surface area contributed by atoms with E-state index in [1.165, 1.54) is 41.1 Å². The number of furan rings is 1. The van der Waals surface area contributed by atoms with Crippen LogP contribution in [0.4, 0.5) is 0 Å². The second-order valence-corrected chi connectivity index (χ2v) is 9.67. The molecule has 9 heteroatoms. The topological polar surface area (TPSA) is 97.0 Å². The number of aliphatic hydroxyl groups excluding tert-OH is 1. The minimum atomic E-state index is -1.64. The number of carbonyl (C=O) groups excluding carboxylic acids is 3. The van der Waals surface area contributed by atoms with Crippen molar-refractivity contribution >= 4 is 45.4 Å². The predicted octanol–water partition coefficient (Wildman–Crippen LogP) is 1.75. The Morgan fingerprint density at radius 2 is 2.27 bits per heavy atom. The Kier molecular flexibility index (Phi) is 4.83. The van der Waals surface area contributed by atoms with E-state index in [4.69, 9.17) is 9.15 Å². The quantitative estimate of drug-likeness (QED) is 0.235. The lowest BCUT2D eigenvalue weighted by atomic mass is 9.85. The van der Waals surface area contributed by atoms with Gasteiger partial charge in [0.15, 0.2) is 10.1 Å². The number of carbonyl (C=O) groups is 3. The molecule has 0 aliphatic carbocycles. The van der Waals surface area contributed by atoms with Crippen LogP contribution >= 0.6 is 27.7 Å². The van der Waals surface area contributed by atoms with Crippen LogP contribution < -0.4 is 0 Å². The first kappa shape index (κ1) is 19.2. The molecule has 1 aromatic heterocycles. The third kappa shape index (κ3) is 2.64. The highest BCUT2D eigenvalue weighted by molar-refractivity contribution is 9.10. The van der Waals surface area contributed by atoms with Crippen LogP contribution in [0.5, 0.6) is 0 Å². The van der Waals surface area contributed by atoms with Crippen LogP contribution in [0, 0.1) is 0 Å². The van der Waals surface area contributed by atoms with Gasteiger partial charge in [0.1, 0.15) is 24.1 Å². The molecule has 0 saturated carbocycles. The van der Waals surface area contributed by atoms with Crippen molar-refractivity contribution in [2.45, 2.75) is 40.4 Å². The summed E-state index contributed by atoms with van der Waals surface area (Å²) in [6, 6.07) is 2.13. The van der Waals surface area contributed by atoms with E-state index in [2.05, 4.69) is 22.5 Å². The number of thioether (sulfide) groups is 1. The molecule has 0 aromatic carbocycles. The molecule has 3 rings (SSSR count). The van der Waals surface area contributed by atoms with Crippen LogP contribution in [0.3, 0.4) is 0 Å². The van der Waals surface area contributed by atoms with Crippen LogP contribution in [-0.4, -0.2) is 60.9 Å². The molecule has 2 aliphatic rings. The zero-order chi connectivity index (χ0) is 19.3. The average Bonchev–Trinajstić information content (AvgIpc) is 3.22. The van der Waals surface area contributed by atoms with Crippen molar-refractivity contribution in [3.63, 3.8) is 0 Å². The molecule has 26 heavy (non-hydrogen) atoms. The highest BCUT2D eigenvalue weighted by Crippen LogP contribution is 2.59. The van der Waals surface area contributed by atoms with Crippen molar-refractivity contribution in [1.29, 1.82) is 0 Å². The number of aliphatic hydroxyl groups is 1. The number of ketones is 1. The van der Waals surface area contributed by atoms with Crippen molar-refractivity contribution in [2.24, 2.45) is 0 Å². The third-order valence-corrected chi connectivity index (χ3v) is 7.67. The van der Waals surface area contributed by atoms with Crippen molar-refractivity contribution in [3.05, 3.63) is 36.8 Å². The summed E-state index contributed by atoms with van der Waals surface area (Å²) in [5, 5.41) is 9.98. The van der Waals surface area contributed by atoms with Gasteiger partial charge < -0.3 is 19.2 Å². The smallest absolute Gasteiger partial charge is 0.330 e. The van der Waals surface area contributed by atoms with Gasteiger partial charge in [-0.25, -0.2) is 4.79 Å². The van der Waals surface area contributed by atoms with Crippen molar-refractivity contribution in [3.8, 4) is 0 Å². The number of esters is 1. The molecule has 2 fully saturated rings. The first-order chi connectivity index (χ1) is 12.2. The standard InChI is InChI=1S/C17H18BrNO6S/c1-4-7-25-13(22)11-16(2,3)26-15-17(18,14(23)19(11)15)12(21)10(20)9-6-5-8-24-9/h4-6,8,11-12,15,21H,1,7H2,2-3H3/t11-,12?,15+,17?/m0/s1. The molecule has 140 valence electrons. The zero-order valence-corrected chi connectivity index (χ0v) is 16.6. The number of nitrogens with zero attached hydrogens (tertiary/aromatic N) is 1. The lowest BCUT2D eigenvalue weighted by Gasteiger charge is -2.51. The molecule has 1 aromatic rings. The number of amides is 1. The monoisotopic (exact) mass is 443 g/mol.